The molecule has 0 aliphatic carbocycles. The highest BCUT2D eigenvalue weighted by molar-refractivity contribution is 5.79. The van der Waals surface area contributed by atoms with Crippen LogP contribution in [0.3, 0.4) is 0 Å². The van der Waals surface area contributed by atoms with E-state index in [2.05, 4.69) is 10.1 Å². The second kappa shape index (κ2) is 6.63. The van der Waals surface area contributed by atoms with Crippen LogP contribution in [0.1, 0.15) is 32.1 Å². The number of hydrogen-bond donors (Lipinski definition) is 3. The van der Waals surface area contributed by atoms with Crippen LogP contribution in [0.2, 0.25) is 0 Å². The third-order valence-corrected chi connectivity index (χ3v) is 2.97. The minimum absolute atomic E-state index is 0.240. The Morgan fingerprint density at radius 2 is 2.27 bits per heavy atom. The van der Waals surface area contributed by atoms with Crippen LogP contribution in [0.5, 0.6) is 0 Å². The van der Waals surface area contributed by atoms with Crippen LogP contribution in [-0.4, -0.2) is 46.8 Å². The molecule has 0 saturated carbocycles. The summed E-state index contributed by atoms with van der Waals surface area (Å²) in [5.74, 6) is 0.285. The van der Waals surface area contributed by atoms with Gasteiger partial charge in [0.25, 0.3) is 0 Å². The SMILES string of the molecule is N/C(CCCN1CCCCC1CO)=N\O. The molecule has 0 aromatic carbocycles. The molecule has 1 saturated heterocycles. The second-order valence-electron chi connectivity index (χ2n) is 4.06. The molecular formula is C10H21N3O2. The summed E-state index contributed by atoms with van der Waals surface area (Å²) >= 11 is 0. The first kappa shape index (κ1) is 12.3. The van der Waals surface area contributed by atoms with Gasteiger partial charge in [0.2, 0.25) is 0 Å². The van der Waals surface area contributed by atoms with Gasteiger partial charge in [0.05, 0.1) is 6.61 Å². The number of nitrogens with two attached hydrogens (primary N) is 1. The molecule has 1 fully saturated rings. The van der Waals surface area contributed by atoms with E-state index in [9.17, 15) is 5.11 Å². The molecule has 5 heteroatoms. The lowest BCUT2D eigenvalue weighted by atomic mass is 10.0. The van der Waals surface area contributed by atoms with E-state index in [1.54, 1.807) is 0 Å². The van der Waals surface area contributed by atoms with Crippen molar-refractivity contribution in [1.29, 1.82) is 0 Å². The minimum Gasteiger partial charge on any atom is -0.409 e. The first-order valence-electron chi connectivity index (χ1n) is 5.59. The van der Waals surface area contributed by atoms with E-state index in [0.717, 1.165) is 25.9 Å². The van der Waals surface area contributed by atoms with Gasteiger partial charge in [-0.15, -0.1) is 0 Å². The number of piperidine rings is 1. The van der Waals surface area contributed by atoms with Gasteiger partial charge in [-0.1, -0.05) is 11.6 Å². The molecule has 1 unspecified atom stereocenters. The van der Waals surface area contributed by atoms with Crippen molar-refractivity contribution in [2.75, 3.05) is 19.7 Å². The summed E-state index contributed by atoms with van der Waals surface area (Å²) in [5.41, 5.74) is 5.39. The maximum atomic E-state index is 9.19. The van der Waals surface area contributed by atoms with E-state index in [-0.39, 0.29) is 12.4 Å². The highest BCUT2D eigenvalue weighted by atomic mass is 16.4. The first-order valence-corrected chi connectivity index (χ1v) is 5.59. The van der Waals surface area contributed by atoms with Crippen molar-refractivity contribution >= 4 is 5.84 Å². The normalized spacial score (nSPS) is 24.3. The molecule has 15 heavy (non-hydrogen) atoms. The van der Waals surface area contributed by atoms with Gasteiger partial charge >= 0.3 is 0 Å². The number of nitrogens with zero attached hydrogens (tertiary/aromatic N) is 2. The lowest BCUT2D eigenvalue weighted by Crippen LogP contribution is -2.42. The van der Waals surface area contributed by atoms with E-state index in [1.807, 2.05) is 0 Å². The van der Waals surface area contributed by atoms with E-state index < -0.39 is 0 Å². The summed E-state index contributed by atoms with van der Waals surface area (Å²) in [6, 6.07) is 0.311. The van der Waals surface area contributed by atoms with E-state index in [0.29, 0.717) is 12.5 Å². The highest BCUT2D eigenvalue weighted by Crippen LogP contribution is 2.16. The van der Waals surface area contributed by atoms with Crippen LogP contribution in [-0.2, 0) is 0 Å². The van der Waals surface area contributed by atoms with Crippen molar-refractivity contribution in [3.63, 3.8) is 0 Å². The Morgan fingerprint density at radius 3 is 2.93 bits per heavy atom. The molecule has 5 nitrogen and oxygen atoms in total. The maximum absolute atomic E-state index is 9.19. The van der Waals surface area contributed by atoms with Gasteiger partial charge in [0, 0.05) is 12.5 Å². The summed E-state index contributed by atoms with van der Waals surface area (Å²) in [6.07, 6.45) is 5.00. The molecule has 0 radical (unpaired) electrons. The highest BCUT2D eigenvalue weighted by Gasteiger charge is 2.20. The number of aliphatic hydroxyl groups excluding tert-OH is 1. The van der Waals surface area contributed by atoms with E-state index in [4.69, 9.17) is 10.9 Å². The fourth-order valence-corrected chi connectivity index (χ4v) is 2.07. The zero-order valence-corrected chi connectivity index (χ0v) is 9.10. The minimum atomic E-state index is 0.240. The van der Waals surface area contributed by atoms with Crippen LogP contribution < -0.4 is 5.73 Å². The van der Waals surface area contributed by atoms with Crippen LogP contribution in [0.15, 0.2) is 5.16 Å². The van der Waals surface area contributed by atoms with Gasteiger partial charge in [0.15, 0.2) is 0 Å². The number of hydrogen-bond acceptors (Lipinski definition) is 4. The summed E-state index contributed by atoms with van der Waals surface area (Å²) < 4.78 is 0. The Balaban J connectivity index is 2.23. The number of oxime groups is 1. The number of amidine groups is 1. The molecule has 0 bridgehead atoms. The number of aliphatic hydroxyl groups is 1. The summed E-state index contributed by atoms with van der Waals surface area (Å²) in [5, 5.41) is 20.5. The molecule has 0 aromatic heterocycles. The average molecular weight is 215 g/mol. The Hall–Kier alpha value is -0.810. The topological polar surface area (TPSA) is 82.1 Å². The van der Waals surface area contributed by atoms with Gasteiger partial charge in [-0.25, -0.2) is 0 Å². The summed E-state index contributed by atoms with van der Waals surface area (Å²) in [4.78, 5) is 2.30. The molecule has 1 aliphatic rings. The van der Waals surface area contributed by atoms with Crippen molar-refractivity contribution in [3.05, 3.63) is 0 Å². The predicted octanol–water partition coefficient (Wildman–Crippen LogP) is 0.360. The largest absolute Gasteiger partial charge is 0.409 e. The number of likely N-dealkylation sites (tertiary alicyclic amines) is 1. The van der Waals surface area contributed by atoms with Crippen molar-refractivity contribution in [3.8, 4) is 0 Å². The Kier molecular flexibility index (Phi) is 5.42. The van der Waals surface area contributed by atoms with Crippen molar-refractivity contribution in [2.24, 2.45) is 10.9 Å². The molecule has 1 atom stereocenters. The molecule has 0 aromatic rings. The fraction of sp³-hybridized carbons (Fsp3) is 0.900. The van der Waals surface area contributed by atoms with Crippen LogP contribution in [0.25, 0.3) is 0 Å². The lowest BCUT2D eigenvalue weighted by Gasteiger charge is -2.34. The smallest absolute Gasteiger partial charge is 0.139 e. The van der Waals surface area contributed by atoms with E-state index >= 15 is 0 Å². The second-order valence-corrected chi connectivity index (χ2v) is 4.06. The molecule has 4 N–H and O–H groups in total. The van der Waals surface area contributed by atoms with Gasteiger partial charge in [-0.2, -0.15) is 0 Å². The van der Waals surface area contributed by atoms with Crippen LogP contribution in [0, 0.1) is 0 Å². The summed E-state index contributed by atoms with van der Waals surface area (Å²) in [7, 11) is 0. The van der Waals surface area contributed by atoms with Gasteiger partial charge in [-0.3, -0.25) is 4.90 Å². The van der Waals surface area contributed by atoms with Gasteiger partial charge in [-0.05, 0) is 32.4 Å². The van der Waals surface area contributed by atoms with E-state index in [1.165, 1.54) is 12.8 Å². The average Bonchev–Trinajstić information content (AvgIpc) is 2.29. The standard InChI is InChI=1S/C10H21N3O2/c11-10(12-15)5-3-7-13-6-2-1-4-9(13)8-14/h9,14-15H,1-8H2,(H2,11,12). The Bertz CT molecular complexity index is 209. The quantitative estimate of drug-likeness (QED) is 0.268. The lowest BCUT2D eigenvalue weighted by molar-refractivity contribution is 0.0897. The first-order chi connectivity index (χ1) is 7.27. The molecule has 1 aliphatic heterocycles. The predicted molar refractivity (Wildman–Crippen MR) is 58.9 cm³/mol. The van der Waals surface area contributed by atoms with Crippen molar-refractivity contribution in [2.45, 2.75) is 38.1 Å². The molecule has 1 heterocycles. The maximum Gasteiger partial charge on any atom is 0.139 e. The fourth-order valence-electron chi connectivity index (χ4n) is 2.07. The van der Waals surface area contributed by atoms with Gasteiger partial charge < -0.3 is 16.0 Å². The van der Waals surface area contributed by atoms with Gasteiger partial charge in [0.1, 0.15) is 5.84 Å². The molecule has 88 valence electrons. The van der Waals surface area contributed by atoms with Crippen LogP contribution in [0.4, 0.5) is 0 Å². The molecular weight excluding hydrogens is 194 g/mol. The molecule has 1 rings (SSSR count). The number of rotatable bonds is 5. The zero-order chi connectivity index (χ0) is 11.1. The third kappa shape index (κ3) is 4.05. The monoisotopic (exact) mass is 215 g/mol. The van der Waals surface area contributed by atoms with Crippen LogP contribution >= 0.6 is 0 Å². The third-order valence-electron chi connectivity index (χ3n) is 2.97. The Labute approximate surface area is 90.6 Å². The van der Waals surface area contributed by atoms with Crippen molar-refractivity contribution < 1.29 is 10.3 Å². The Morgan fingerprint density at radius 1 is 1.47 bits per heavy atom. The van der Waals surface area contributed by atoms with Crippen molar-refractivity contribution in [1.82, 2.24) is 4.90 Å². The zero-order valence-electron chi connectivity index (χ0n) is 9.10. The molecule has 0 amide bonds. The molecule has 0 spiro atoms. The summed E-state index contributed by atoms with van der Waals surface area (Å²) in [6.45, 7) is 2.21.